The molecule has 0 saturated heterocycles. The molecule has 0 amide bonds. The van der Waals surface area contributed by atoms with Crippen LogP contribution >= 0.6 is 0 Å². The Kier molecular flexibility index (Phi) is 3.23. The Morgan fingerprint density at radius 2 is 2.27 bits per heavy atom. The number of hydrogen-bond donors (Lipinski definition) is 0. The van der Waals surface area contributed by atoms with Gasteiger partial charge in [-0.3, -0.25) is 15.1 Å². The number of rotatable bonds is 3. The van der Waals surface area contributed by atoms with Crippen molar-refractivity contribution >= 4 is 5.69 Å². The molecule has 0 aromatic carbocycles. The van der Waals surface area contributed by atoms with E-state index >= 15 is 0 Å². The van der Waals surface area contributed by atoms with Gasteiger partial charge >= 0.3 is 0 Å². The van der Waals surface area contributed by atoms with E-state index < -0.39 is 29.0 Å². The Balaban J connectivity index is 3.36. The number of hydrogen-bond acceptors (Lipinski definition) is 4. The monoisotopic (exact) mass is 213 g/mol. The second kappa shape index (κ2) is 4.41. The zero-order chi connectivity index (χ0) is 11.4. The summed E-state index contributed by atoms with van der Waals surface area (Å²) in [4.78, 5) is 13.0. The number of pyridine rings is 1. The van der Waals surface area contributed by atoms with Crippen LogP contribution in [0.3, 0.4) is 0 Å². The van der Waals surface area contributed by atoms with E-state index in [2.05, 4.69) is 4.98 Å². The van der Waals surface area contributed by atoms with Crippen LogP contribution in [0.25, 0.3) is 0 Å². The summed E-state index contributed by atoms with van der Waals surface area (Å²) < 4.78 is 24.8. The SMILES string of the molecule is N#CCc1c(C(F)F)cncc1[N+](=O)[O-]. The summed E-state index contributed by atoms with van der Waals surface area (Å²) in [7, 11) is 0. The first-order chi connectivity index (χ1) is 7.07. The van der Waals surface area contributed by atoms with E-state index in [9.17, 15) is 18.9 Å². The molecule has 0 N–H and O–H groups in total. The van der Waals surface area contributed by atoms with E-state index in [-0.39, 0.29) is 5.56 Å². The van der Waals surface area contributed by atoms with Crippen LogP contribution in [0.15, 0.2) is 12.4 Å². The molecule has 0 aliphatic heterocycles. The Hall–Kier alpha value is -2.10. The highest BCUT2D eigenvalue weighted by Crippen LogP contribution is 2.28. The van der Waals surface area contributed by atoms with Crippen molar-refractivity contribution < 1.29 is 13.7 Å². The van der Waals surface area contributed by atoms with Crippen LogP contribution in [0.5, 0.6) is 0 Å². The molecule has 78 valence electrons. The Morgan fingerprint density at radius 1 is 1.60 bits per heavy atom. The van der Waals surface area contributed by atoms with Gasteiger partial charge in [0.25, 0.3) is 12.1 Å². The molecule has 0 aliphatic rings. The molecule has 0 radical (unpaired) electrons. The summed E-state index contributed by atoms with van der Waals surface area (Å²) in [5.74, 6) is 0. The van der Waals surface area contributed by atoms with Crippen molar-refractivity contribution in [3.05, 3.63) is 33.6 Å². The lowest BCUT2D eigenvalue weighted by Gasteiger charge is -2.04. The van der Waals surface area contributed by atoms with E-state index in [0.717, 1.165) is 12.4 Å². The minimum absolute atomic E-state index is 0.271. The topological polar surface area (TPSA) is 79.8 Å². The molecule has 0 bridgehead atoms. The molecule has 1 rings (SSSR count). The number of alkyl halides is 2. The predicted molar refractivity (Wildman–Crippen MR) is 45.2 cm³/mol. The largest absolute Gasteiger partial charge is 0.292 e. The lowest BCUT2D eigenvalue weighted by atomic mass is 10.1. The maximum atomic E-state index is 12.4. The quantitative estimate of drug-likeness (QED) is 0.568. The fourth-order valence-electron chi connectivity index (χ4n) is 1.11. The van der Waals surface area contributed by atoms with Gasteiger partial charge in [-0.15, -0.1) is 0 Å². The number of nitriles is 1. The third-order valence-electron chi connectivity index (χ3n) is 1.76. The molecule has 7 heteroatoms. The van der Waals surface area contributed by atoms with Crippen molar-refractivity contribution in [2.24, 2.45) is 0 Å². The predicted octanol–water partition coefficient (Wildman–Crippen LogP) is 1.99. The Labute approximate surface area is 83.1 Å². The van der Waals surface area contributed by atoms with Gasteiger partial charge in [0, 0.05) is 11.8 Å². The Bertz CT molecular complexity index is 428. The van der Waals surface area contributed by atoms with E-state index in [0.29, 0.717) is 0 Å². The third kappa shape index (κ3) is 2.22. The summed E-state index contributed by atoms with van der Waals surface area (Å²) in [6, 6.07) is 1.61. The summed E-state index contributed by atoms with van der Waals surface area (Å²) in [5, 5.41) is 18.9. The van der Waals surface area contributed by atoms with E-state index in [1.54, 1.807) is 6.07 Å². The van der Waals surface area contributed by atoms with Gasteiger partial charge in [-0.05, 0) is 0 Å². The van der Waals surface area contributed by atoms with Crippen LogP contribution in [-0.4, -0.2) is 9.91 Å². The van der Waals surface area contributed by atoms with Gasteiger partial charge in [-0.2, -0.15) is 5.26 Å². The van der Waals surface area contributed by atoms with Gasteiger partial charge in [0.05, 0.1) is 23.0 Å². The standard InChI is InChI=1S/C8H5F2N3O2/c9-8(10)6-3-12-4-7(13(14)15)5(6)1-2-11/h3-4,8H,1H2. The number of aromatic nitrogens is 1. The van der Waals surface area contributed by atoms with E-state index in [1.807, 2.05) is 0 Å². The fraction of sp³-hybridized carbons (Fsp3) is 0.250. The van der Waals surface area contributed by atoms with Gasteiger partial charge in [0.15, 0.2) is 0 Å². The summed E-state index contributed by atoms with van der Waals surface area (Å²) in [5.41, 5.74) is -1.38. The maximum Gasteiger partial charge on any atom is 0.292 e. The van der Waals surface area contributed by atoms with E-state index in [4.69, 9.17) is 5.26 Å². The maximum absolute atomic E-state index is 12.4. The minimum Gasteiger partial charge on any atom is -0.258 e. The lowest BCUT2D eigenvalue weighted by molar-refractivity contribution is -0.385. The average Bonchev–Trinajstić information content (AvgIpc) is 2.17. The molecular formula is C8H5F2N3O2. The average molecular weight is 213 g/mol. The molecular weight excluding hydrogens is 208 g/mol. The van der Waals surface area contributed by atoms with Gasteiger partial charge in [0.2, 0.25) is 0 Å². The molecule has 0 aliphatic carbocycles. The van der Waals surface area contributed by atoms with Crippen molar-refractivity contribution in [2.75, 3.05) is 0 Å². The lowest BCUT2D eigenvalue weighted by Crippen LogP contribution is -2.01. The zero-order valence-corrected chi connectivity index (χ0v) is 7.35. The Morgan fingerprint density at radius 3 is 2.73 bits per heavy atom. The highest BCUT2D eigenvalue weighted by Gasteiger charge is 2.22. The zero-order valence-electron chi connectivity index (χ0n) is 7.35. The van der Waals surface area contributed by atoms with Gasteiger partial charge in [-0.1, -0.05) is 0 Å². The van der Waals surface area contributed by atoms with Crippen LogP contribution in [0.2, 0.25) is 0 Å². The second-order valence-corrected chi connectivity index (χ2v) is 2.62. The molecule has 0 atom stereocenters. The van der Waals surface area contributed by atoms with Crippen LogP contribution in [0, 0.1) is 21.4 Å². The van der Waals surface area contributed by atoms with Crippen molar-refractivity contribution in [1.29, 1.82) is 5.26 Å². The highest BCUT2D eigenvalue weighted by molar-refractivity contribution is 5.44. The van der Waals surface area contributed by atoms with E-state index in [1.165, 1.54) is 0 Å². The number of nitrogens with zero attached hydrogens (tertiary/aromatic N) is 3. The number of halogens is 2. The van der Waals surface area contributed by atoms with Crippen molar-refractivity contribution in [3.63, 3.8) is 0 Å². The highest BCUT2D eigenvalue weighted by atomic mass is 19.3. The molecule has 1 aromatic heterocycles. The molecule has 0 spiro atoms. The molecule has 5 nitrogen and oxygen atoms in total. The molecule has 15 heavy (non-hydrogen) atoms. The molecule has 1 aromatic rings. The van der Waals surface area contributed by atoms with Gasteiger partial charge in [-0.25, -0.2) is 8.78 Å². The van der Waals surface area contributed by atoms with Crippen LogP contribution in [0.4, 0.5) is 14.5 Å². The molecule has 0 saturated carbocycles. The summed E-state index contributed by atoms with van der Waals surface area (Å²) in [6.45, 7) is 0. The van der Waals surface area contributed by atoms with Crippen molar-refractivity contribution in [2.45, 2.75) is 12.8 Å². The first kappa shape index (κ1) is 11.0. The fourth-order valence-corrected chi connectivity index (χ4v) is 1.11. The molecule has 0 unspecified atom stereocenters. The summed E-state index contributed by atoms with van der Waals surface area (Å²) >= 11 is 0. The van der Waals surface area contributed by atoms with Gasteiger partial charge < -0.3 is 0 Å². The molecule has 0 fully saturated rings. The normalized spacial score (nSPS) is 10.0. The van der Waals surface area contributed by atoms with Crippen molar-refractivity contribution in [1.82, 2.24) is 4.98 Å². The van der Waals surface area contributed by atoms with Crippen molar-refractivity contribution in [3.8, 4) is 6.07 Å². The minimum atomic E-state index is -2.87. The number of nitro groups is 1. The van der Waals surface area contributed by atoms with Crippen LogP contribution < -0.4 is 0 Å². The second-order valence-electron chi connectivity index (χ2n) is 2.62. The van der Waals surface area contributed by atoms with Gasteiger partial charge in [0.1, 0.15) is 6.20 Å². The van der Waals surface area contributed by atoms with Crippen LogP contribution in [-0.2, 0) is 6.42 Å². The smallest absolute Gasteiger partial charge is 0.258 e. The van der Waals surface area contributed by atoms with Crippen LogP contribution in [0.1, 0.15) is 17.6 Å². The molecule has 1 heterocycles. The first-order valence-electron chi connectivity index (χ1n) is 3.84. The summed E-state index contributed by atoms with van der Waals surface area (Å²) in [6.07, 6.45) is -1.61. The third-order valence-corrected chi connectivity index (χ3v) is 1.76. The first-order valence-corrected chi connectivity index (χ1v) is 3.84.